The molecule has 8 heteroatoms. The summed E-state index contributed by atoms with van der Waals surface area (Å²) in [5, 5.41) is 0. The van der Waals surface area contributed by atoms with Crippen LogP contribution in [0.1, 0.15) is 89.2 Å². The van der Waals surface area contributed by atoms with E-state index in [4.69, 9.17) is 18.9 Å². The molecule has 0 saturated carbocycles. The van der Waals surface area contributed by atoms with Crippen molar-refractivity contribution in [2.75, 3.05) is 107 Å². The Bertz CT molecular complexity index is 1260. The van der Waals surface area contributed by atoms with Gasteiger partial charge in [-0.2, -0.15) is 0 Å². The van der Waals surface area contributed by atoms with Gasteiger partial charge in [-0.15, -0.1) is 0 Å². The highest BCUT2D eigenvalue weighted by Gasteiger charge is 2.36. The number of piperidine rings is 1. The molecule has 52 heavy (non-hydrogen) atoms. The zero-order valence-electron chi connectivity index (χ0n) is 33.8. The smallest absolute Gasteiger partial charge is 0.119 e. The van der Waals surface area contributed by atoms with Gasteiger partial charge in [-0.3, -0.25) is 0 Å². The van der Waals surface area contributed by atoms with Gasteiger partial charge < -0.3 is 38.5 Å². The van der Waals surface area contributed by atoms with Crippen LogP contribution in [0.15, 0.2) is 48.5 Å². The topological polar surface area (TPSA) is 49.9 Å². The Balaban J connectivity index is 0.000000201. The molecule has 2 aromatic carbocycles. The first-order valence-corrected chi connectivity index (χ1v) is 20.6. The number of likely N-dealkylation sites (tertiary alicyclic amines) is 2. The highest BCUT2D eigenvalue weighted by Crippen LogP contribution is 2.37. The third-order valence-electron chi connectivity index (χ3n) is 11.9. The zero-order chi connectivity index (χ0) is 36.8. The molecule has 0 N–H and O–H groups in total. The first-order valence-electron chi connectivity index (χ1n) is 20.6. The van der Waals surface area contributed by atoms with Crippen LogP contribution in [0, 0.1) is 0 Å². The molecule has 0 amide bonds. The van der Waals surface area contributed by atoms with Gasteiger partial charge in [0.2, 0.25) is 0 Å². The standard InChI is InChI=1S/2C22H36N2O2/c1-18(2)24-13-9-21(10-14-24)26-20-7-5-19(6-8-20)22(17-23(3)4)11-15-25-16-12-22;1-23(2)19-22(11-17-25-18-12-22)20-7-9-21(10-8-20)26-16-6-5-15-24-13-3-4-14-24/h5-8,18,21H,9-17H2,1-4H3;7-10H,3-6,11-19H2,1-2H3. The Morgan fingerprint density at radius 2 is 1.15 bits per heavy atom. The molecule has 0 aromatic heterocycles. The van der Waals surface area contributed by atoms with Crippen LogP contribution in [0.2, 0.25) is 0 Å². The van der Waals surface area contributed by atoms with Crippen LogP contribution in [0.4, 0.5) is 0 Å². The van der Waals surface area contributed by atoms with E-state index in [-0.39, 0.29) is 10.8 Å². The van der Waals surface area contributed by atoms with E-state index < -0.39 is 0 Å². The Hall–Kier alpha value is -2.20. The van der Waals surface area contributed by atoms with Crippen LogP contribution in [0.5, 0.6) is 11.5 Å². The Morgan fingerprint density at radius 1 is 0.673 bits per heavy atom. The largest absolute Gasteiger partial charge is 0.494 e. The summed E-state index contributed by atoms with van der Waals surface area (Å²) in [6, 6.07) is 18.4. The molecule has 0 aliphatic carbocycles. The van der Waals surface area contributed by atoms with Crippen molar-refractivity contribution in [3.05, 3.63) is 59.7 Å². The molecular formula is C44H72N4O4. The summed E-state index contributed by atoms with van der Waals surface area (Å²) in [5.74, 6) is 2.02. The van der Waals surface area contributed by atoms with Crippen LogP contribution >= 0.6 is 0 Å². The van der Waals surface area contributed by atoms with Crippen LogP contribution < -0.4 is 9.47 Å². The van der Waals surface area contributed by atoms with Crippen LogP contribution in [-0.2, 0) is 20.3 Å². The van der Waals surface area contributed by atoms with E-state index in [1.165, 1.54) is 50.0 Å². The zero-order valence-corrected chi connectivity index (χ0v) is 33.8. The second-order valence-electron chi connectivity index (χ2n) is 16.9. The van der Waals surface area contributed by atoms with Crippen molar-refractivity contribution in [3.63, 3.8) is 0 Å². The molecule has 4 aliphatic rings. The van der Waals surface area contributed by atoms with Crippen molar-refractivity contribution in [2.45, 2.75) is 101 Å². The molecule has 0 radical (unpaired) electrons. The van der Waals surface area contributed by atoms with Crippen molar-refractivity contribution in [3.8, 4) is 11.5 Å². The van der Waals surface area contributed by atoms with E-state index >= 15 is 0 Å². The molecule has 292 valence electrons. The van der Waals surface area contributed by atoms with Gasteiger partial charge in [-0.25, -0.2) is 0 Å². The van der Waals surface area contributed by atoms with E-state index in [1.54, 1.807) is 0 Å². The SMILES string of the molecule is CC(C)N1CCC(Oc2ccc(C3(CN(C)C)CCOCC3)cc2)CC1.CN(C)CC1(c2ccc(OCCCCN3CCCC3)cc2)CCOCC1. The van der Waals surface area contributed by atoms with Gasteiger partial charge in [0.05, 0.1) is 6.61 Å². The maximum Gasteiger partial charge on any atom is 0.119 e. The average molecular weight is 721 g/mol. The average Bonchev–Trinajstić information content (AvgIpc) is 3.66. The van der Waals surface area contributed by atoms with Crippen LogP contribution in [-0.4, -0.2) is 139 Å². The van der Waals surface area contributed by atoms with Crippen molar-refractivity contribution >= 4 is 0 Å². The van der Waals surface area contributed by atoms with Crippen molar-refractivity contribution in [2.24, 2.45) is 0 Å². The lowest BCUT2D eigenvalue weighted by molar-refractivity contribution is 0.0399. The highest BCUT2D eigenvalue weighted by molar-refractivity contribution is 5.34. The van der Waals surface area contributed by atoms with E-state index in [2.05, 4.69) is 110 Å². The van der Waals surface area contributed by atoms with Gasteiger partial charge in [0, 0.05) is 69.5 Å². The van der Waals surface area contributed by atoms with Gasteiger partial charge in [0.1, 0.15) is 17.6 Å². The summed E-state index contributed by atoms with van der Waals surface area (Å²) in [4.78, 5) is 9.72. The molecule has 4 aliphatic heterocycles. The molecule has 4 saturated heterocycles. The monoisotopic (exact) mass is 721 g/mol. The predicted octanol–water partition coefficient (Wildman–Crippen LogP) is 7.10. The lowest BCUT2D eigenvalue weighted by Crippen LogP contribution is -2.42. The first-order chi connectivity index (χ1) is 25.2. The molecule has 4 fully saturated rings. The molecular weight excluding hydrogens is 649 g/mol. The molecule has 6 rings (SSSR count). The van der Waals surface area contributed by atoms with Gasteiger partial charge >= 0.3 is 0 Å². The third-order valence-corrected chi connectivity index (χ3v) is 11.9. The molecule has 4 heterocycles. The van der Waals surface area contributed by atoms with Gasteiger partial charge in [0.25, 0.3) is 0 Å². The number of ether oxygens (including phenoxy) is 4. The number of unbranched alkanes of at least 4 members (excludes halogenated alkanes) is 1. The lowest BCUT2D eigenvalue weighted by Gasteiger charge is -2.40. The van der Waals surface area contributed by atoms with Gasteiger partial charge in [-0.1, -0.05) is 24.3 Å². The van der Waals surface area contributed by atoms with Crippen LogP contribution in [0.25, 0.3) is 0 Å². The minimum absolute atomic E-state index is 0.211. The fourth-order valence-corrected chi connectivity index (χ4v) is 8.94. The van der Waals surface area contributed by atoms with Gasteiger partial charge in [-0.05, 0) is 161 Å². The van der Waals surface area contributed by atoms with Crippen molar-refractivity contribution in [1.29, 1.82) is 0 Å². The van der Waals surface area contributed by atoms with Crippen molar-refractivity contribution in [1.82, 2.24) is 19.6 Å². The molecule has 0 unspecified atom stereocenters. The van der Waals surface area contributed by atoms with E-state index in [1.807, 2.05) is 0 Å². The summed E-state index contributed by atoms with van der Waals surface area (Å²) in [6.45, 7) is 17.1. The number of benzene rings is 2. The highest BCUT2D eigenvalue weighted by atomic mass is 16.5. The van der Waals surface area contributed by atoms with Crippen LogP contribution in [0.3, 0.4) is 0 Å². The first kappa shape index (κ1) is 41.0. The number of rotatable bonds is 15. The Morgan fingerprint density at radius 3 is 1.62 bits per heavy atom. The fraction of sp³-hybridized carbons (Fsp3) is 0.727. The summed E-state index contributed by atoms with van der Waals surface area (Å²) >= 11 is 0. The molecule has 2 aromatic rings. The number of likely N-dealkylation sites (N-methyl/N-ethyl adjacent to an activating group) is 2. The second-order valence-corrected chi connectivity index (χ2v) is 16.9. The number of hydrogen-bond acceptors (Lipinski definition) is 8. The maximum absolute atomic E-state index is 6.28. The molecule has 0 atom stereocenters. The summed E-state index contributed by atoms with van der Waals surface area (Å²) in [5.41, 5.74) is 3.28. The fourth-order valence-electron chi connectivity index (χ4n) is 8.94. The minimum atomic E-state index is 0.211. The quantitative estimate of drug-likeness (QED) is 0.181. The number of nitrogens with zero attached hydrogens (tertiary/aromatic N) is 4. The normalized spacial score (nSPS) is 21.3. The second kappa shape index (κ2) is 20.5. The summed E-state index contributed by atoms with van der Waals surface area (Å²) in [6.07, 6.45) is 12.1. The van der Waals surface area contributed by atoms with E-state index in [9.17, 15) is 0 Å². The van der Waals surface area contributed by atoms with E-state index in [0.29, 0.717) is 12.1 Å². The van der Waals surface area contributed by atoms with Gasteiger partial charge in [0.15, 0.2) is 0 Å². The Labute approximate surface area is 317 Å². The number of hydrogen-bond donors (Lipinski definition) is 0. The lowest BCUT2D eigenvalue weighted by atomic mass is 9.74. The van der Waals surface area contributed by atoms with E-state index in [0.717, 1.165) is 116 Å². The molecule has 0 spiro atoms. The van der Waals surface area contributed by atoms with Crippen molar-refractivity contribution < 1.29 is 18.9 Å². The third kappa shape index (κ3) is 12.2. The minimum Gasteiger partial charge on any atom is -0.494 e. The molecule has 0 bridgehead atoms. The summed E-state index contributed by atoms with van der Waals surface area (Å²) < 4.78 is 23.5. The maximum atomic E-state index is 6.28. The predicted molar refractivity (Wildman–Crippen MR) is 214 cm³/mol. The Kier molecular flexibility index (Phi) is 16.1. The molecule has 8 nitrogen and oxygen atoms in total. The summed E-state index contributed by atoms with van der Waals surface area (Å²) in [7, 11) is 8.66.